The lowest BCUT2D eigenvalue weighted by atomic mass is 9.54. The van der Waals surface area contributed by atoms with Gasteiger partial charge in [-0.15, -0.1) is 0 Å². The smallest absolute Gasteiger partial charge is 0.133 e. The van der Waals surface area contributed by atoms with Crippen LogP contribution in [0, 0.1) is 11.3 Å². The van der Waals surface area contributed by atoms with Gasteiger partial charge in [0.1, 0.15) is 11.5 Å². The molecule has 7 heteroatoms. The van der Waals surface area contributed by atoms with Gasteiger partial charge in [-0.3, -0.25) is 14.7 Å². The topological polar surface area (TPSA) is 92.7 Å². The number of ketones is 1. The molecular weight excluding hydrogens is 536 g/mol. The van der Waals surface area contributed by atoms with Crippen molar-refractivity contribution in [3.05, 3.63) is 54.4 Å². The van der Waals surface area contributed by atoms with E-state index in [9.17, 15) is 15.0 Å². The minimum atomic E-state index is -1.00. The largest absolute Gasteiger partial charge is 0.508 e. The van der Waals surface area contributed by atoms with Crippen molar-refractivity contribution in [1.29, 1.82) is 0 Å². The highest BCUT2D eigenvalue weighted by Crippen LogP contribution is 2.62. The van der Waals surface area contributed by atoms with Crippen LogP contribution in [0.25, 0.3) is 27.4 Å². The van der Waals surface area contributed by atoms with Gasteiger partial charge in [-0.05, 0) is 119 Å². The molecule has 0 amide bonds. The summed E-state index contributed by atoms with van der Waals surface area (Å²) in [6.45, 7) is 4.04. The van der Waals surface area contributed by atoms with E-state index in [0.29, 0.717) is 31.1 Å². The Morgan fingerprint density at radius 3 is 2.81 bits per heavy atom. The molecule has 43 heavy (non-hydrogen) atoms. The number of aromatic amines is 1. The van der Waals surface area contributed by atoms with E-state index < -0.39 is 5.60 Å². The average Bonchev–Trinajstić information content (AvgIpc) is 3.51. The normalized spacial score (nSPS) is 36.1. The first kappa shape index (κ1) is 27.5. The number of aromatic nitrogens is 2. The SMILES string of the molecule is O=C1CCCN2[C@@H](CC1)C[C@]13CN4CCCC/C=C\CC[C@](O)(C=C(c5nccc6c5[nH]c5ccc(O)cc56)C1CC4)[C@H]23. The number of allylic oxidation sites excluding steroid dienone is 3. The molecule has 0 radical (unpaired) electrons. The van der Waals surface area contributed by atoms with E-state index in [4.69, 9.17) is 4.98 Å². The van der Waals surface area contributed by atoms with E-state index in [0.717, 1.165) is 92.2 Å². The van der Waals surface area contributed by atoms with Crippen LogP contribution < -0.4 is 0 Å². The molecular formula is C36H44N4O3. The standard InChI is InChI=1S/C36H44N4O3/c41-25-8-7-18-40-24(9-10-25)21-35-23-39-17-6-4-2-1-3-5-15-36(43,34(35)40)22-29(30(35)14-19-39)32-33-27(13-16-37-32)28-20-26(42)11-12-31(28)38-33/h1,3,11-13,16,20,22,24,30,34,38,42-43H,2,4-10,14-15,17-19,21,23H2/b3-1-/t24-,30?,34+,35-,36-/m0/s1. The van der Waals surface area contributed by atoms with Gasteiger partial charge in [0, 0.05) is 59.4 Å². The average molecular weight is 581 g/mol. The van der Waals surface area contributed by atoms with E-state index in [-0.39, 0.29) is 23.1 Å². The van der Waals surface area contributed by atoms with Crippen molar-refractivity contribution >= 4 is 33.2 Å². The second kappa shape index (κ2) is 10.6. The maximum atomic E-state index is 13.1. The lowest BCUT2D eigenvalue weighted by Crippen LogP contribution is -2.65. The molecule has 5 aliphatic rings. The fourth-order valence-electron chi connectivity index (χ4n) is 9.90. The molecule has 2 unspecified atom stereocenters. The van der Waals surface area contributed by atoms with Crippen molar-refractivity contribution in [2.45, 2.75) is 88.3 Å². The zero-order valence-corrected chi connectivity index (χ0v) is 25.1. The van der Waals surface area contributed by atoms with Gasteiger partial charge in [0.25, 0.3) is 0 Å². The summed E-state index contributed by atoms with van der Waals surface area (Å²) in [6.07, 6.45) is 18.9. The number of hydrogen-bond acceptors (Lipinski definition) is 6. The summed E-state index contributed by atoms with van der Waals surface area (Å²) in [5, 5.41) is 25.4. The maximum absolute atomic E-state index is 13.1. The Morgan fingerprint density at radius 1 is 0.977 bits per heavy atom. The fraction of sp³-hybridized carbons (Fsp3) is 0.556. The Morgan fingerprint density at radius 2 is 1.88 bits per heavy atom. The summed E-state index contributed by atoms with van der Waals surface area (Å²) in [4.78, 5) is 26.7. The van der Waals surface area contributed by atoms with Gasteiger partial charge in [-0.2, -0.15) is 0 Å². The van der Waals surface area contributed by atoms with Crippen LogP contribution in [0.4, 0.5) is 0 Å². The molecule has 7 nitrogen and oxygen atoms in total. The van der Waals surface area contributed by atoms with Crippen LogP contribution in [-0.4, -0.2) is 79.6 Å². The number of aromatic hydroxyl groups is 1. The number of nitrogens with one attached hydrogen (secondary N) is 1. The maximum Gasteiger partial charge on any atom is 0.133 e. The number of carbonyl (C=O) groups is 1. The molecule has 3 fully saturated rings. The molecule has 3 saturated heterocycles. The molecule has 3 aromatic rings. The van der Waals surface area contributed by atoms with Crippen molar-refractivity contribution in [2.24, 2.45) is 11.3 Å². The summed E-state index contributed by atoms with van der Waals surface area (Å²) in [5.41, 5.74) is 2.98. The number of phenolic OH excluding ortho intramolecular Hbond substituents is 1. The van der Waals surface area contributed by atoms with Crippen molar-refractivity contribution in [3.8, 4) is 5.75 Å². The van der Waals surface area contributed by atoms with Gasteiger partial charge in [-0.25, -0.2) is 0 Å². The van der Waals surface area contributed by atoms with E-state index in [1.54, 1.807) is 6.07 Å². The molecule has 6 atom stereocenters. The number of piperidine rings is 1. The first-order valence-electron chi connectivity index (χ1n) is 16.6. The van der Waals surface area contributed by atoms with Gasteiger partial charge < -0.3 is 20.1 Å². The molecule has 1 spiro atoms. The number of aliphatic hydroxyl groups is 1. The minimum absolute atomic E-state index is 0.0303. The number of hydrogen-bond donors (Lipinski definition) is 3. The number of pyridine rings is 1. The first-order chi connectivity index (χ1) is 21.0. The van der Waals surface area contributed by atoms with Crippen LogP contribution >= 0.6 is 0 Å². The van der Waals surface area contributed by atoms with Gasteiger partial charge >= 0.3 is 0 Å². The monoisotopic (exact) mass is 580 g/mol. The third-order valence-electron chi connectivity index (χ3n) is 11.5. The second-order valence-electron chi connectivity index (χ2n) is 14.1. The Labute approximate surface area is 253 Å². The van der Waals surface area contributed by atoms with Crippen molar-refractivity contribution in [2.75, 3.05) is 26.2 Å². The van der Waals surface area contributed by atoms with Gasteiger partial charge in [0.2, 0.25) is 0 Å². The number of fused-ring (bicyclic) bond motifs is 5. The number of phenols is 1. The predicted octanol–water partition coefficient (Wildman–Crippen LogP) is 5.96. The minimum Gasteiger partial charge on any atom is -0.508 e. The Balaban J connectivity index is 1.33. The number of nitrogens with zero attached hydrogens (tertiary/aromatic N) is 3. The third kappa shape index (κ3) is 4.49. The number of rotatable bonds is 1. The van der Waals surface area contributed by atoms with E-state index in [1.807, 2.05) is 24.4 Å². The number of carbonyl (C=O) groups excluding carboxylic acids is 1. The van der Waals surface area contributed by atoms with E-state index in [2.05, 4.69) is 33.0 Å². The molecule has 3 N–H and O–H groups in total. The molecule has 6 heterocycles. The van der Waals surface area contributed by atoms with Gasteiger partial charge in [0.15, 0.2) is 0 Å². The van der Waals surface area contributed by atoms with Crippen LogP contribution in [0.2, 0.25) is 0 Å². The quantitative estimate of drug-likeness (QED) is 0.308. The molecule has 3 bridgehead atoms. The van der Waals surface area contributed by atoms with Crippen LogP contribution in [0.5, 0.6) is 5.75 Å². The first-order valence-corrected chi connectivity index (χ1v) is 16.6. The van der Waals surface area contributed by atoms with E-state index in [1.165, 1.54) is 18.4 Å². The van der Waals surface area contributed by atoms with Crippen molar-refractivity contribution in [1.82, 2.24) is 19.8 Å². The Kier molecular flexibility index (Phi) is 6.77. The molecule has 1 aromatic carbocycles. The highest BCUT2D eigenvalue weighted by molar-refractivity contribution is 6.10. The number of benzene rings is 1. The molecule has 8 rings (SSSR count). The highest BCUT2D eigenvalue weighted by Gasteiger charge is 2.66. The van der Waals surface area contributed by atoms with Crippen molar-refractivity contribution < 1.29 is 15.0 Å². The second-order valence-corrected chi connectivity index (χ2v) is 14.1. The summed E-state index contributed by atoms with van der Waals surface area (Å²) in [6, 6.07) is 7.88. The molecule has 0 saturated carbocycles. The summed E-state index contributed by atoms with van der Waals surface area (Å²) in [7, 11) is 0. The summed E-state index contributed by atoms with van der Waals surface area (Å²) < 4.78 is 0. The van der Waals surface area contributed by atoms with Crippen LogP contribution in [0.3, 0.4) is 0 Å². The molecule has 4 aliphatic heterocycles. The zero-order chi connectivity index (χ0) is 29.2. The van der Waals surface area contributed by atoms with Crippen LogP contribution in [-0.2, 0) is 4.79 Å². The van der Waals surface area contributed by atoms with Crippen LogP contribution in [0.15, 0.2) is 48.7 Å². The van der Waals surface area contributed by atoms with Gasteiger partial charge in [-0.1, -0.05) is 12.2 Å². The zero-order valence-electron chi connectivity index (χ0n) is 25.1. The number of Topliss-reactive ketones (excluding diaryl/α,β-unsaturated/α-hetero) is 1. The Hall–Kier alpha value is -3.00. The summed E-state index contributed by atoms with van der Waals surface area (Å²) in [5.74, 6) is 0.929. The predicted molar refractivity (Wildman–Crippen MR) is 170 cm³/mol. The van der Waals surface area contributed by atoms with Crippen LogP contribution in [0.1, 0.15) is 76.3 Å². The third-order valence-corrected chi connectivity index (χ3v) is 11.5. The fourth-order valence-corrected chi connectivity index (χ4v) is 9.90. The van der Waals surface area contributed by atoms with Gasteiger partial charge in [0.05, 0.1) is 16.8 Å². The molecule has 1 aliphatic carbocycles. The Bertz CT molecular complexity index is 1630. The number of H-pyrrole nitrogens is 1. The lowest BCUT2D eigenvalue weighted by molar-refractivity contribution is -0.120. The molecule has 226 valence electrons. The van der Waals surface area contributed by atoms with Crippen molar-refractivity contribution in [3.63, 3.8) is 0 Å². The van der Waals surface area contributed by atoms with E-state index >= 15 is 0 Å². The molecule has 2 aromatic heterocycles. The lowest BCUT2D eigenvalue weighted by Gasteiger charge is -2.58. The summed E-state index contributed by atoms with van der Waals surface area (Å²) >= 11 is 0. The highest BCUT2D eigenvalue weighted by atomic mass is 16.3.